The third-order valence-corrected chi connectivity index (χ3v) is 3.87. The van der Waals surface area contributed by atoms with Crippen LogP contribution in [0.25, 0.3) is 5.69 Å². The van der Waals surface area contributed by atoms with Gasteiger partial charge in [0.05, 0.1) is 11.9 Å². The molecule has 3 aromatic rings. The molecule has 0 saturated carbocycles. The van der Waals surface area contributed by atoms with Gasteiger partial charge in [-0.25, -0.2) is 4.68 Å². The first-order chi connectivity index (χ1) is 10.6. The number of hydrogen-bond acceptors (Lipinski definition) is 3. The molecule has 5 heteroatoms. The van der Waals surface area contributed by atoms with Crippen LogP contribution in [0.1, 0.15) is 28.1 Å². The topological polar surface area (TPSA) is 48.0 Å². The van der Waals surface area contributed by atoms with E-state index < -0.39 is 0 Å². The average molecular weight is 293 g/mol. The van der Waals surface area contributed by atoms with Gasteiger partial charge in [-0.3, -0.25) is 0 Å². The van der Waals surface area contributed by atoms with Gasteiger partial charge in [-0.1, -0.05) is 18.2 Å². The first kappa shape index (κ1) is 14.3. The van der Waals surface area contributed by atoms with Crippen LogP contribution in [-0.4, -0.2) is 25.7 Å². The maximum absolute atomic E-state index is 4.34. The van der Waals surface area contributed by atoms with Crippen molar-refractivity contribution in [2.45, 2.75) is 27.7 Å². The minimum atomic E-state index is 1.09. The van der Waals surface area contributed by atoms with Crippen molar-refractivity contribution in [2.24, 2.45) is 5.10 Å². The third kappa shape index (κ3) is 2.45. The number of nitrogens with zero attached hydrogens (tertiary/aromatic N) is 5. The molecular formula is C17H19N5. The summed E-state index contributed by atoms with van der Waals surface area (Å²) in [5.41, 5.74) is 7.25. The molecule has 0 spiro atoms. The molecule has 5 nitrogen and oxygen atoms in total. The van der Waals surface area contributed by atoms with E-state index in [1.807, 2.05) is 6.21 Å². The summed E-state index contributed by atoms with van der Waals surface area (Å²) in [6, 6.07) is 8.53. The molecule has 2 heterocycles. The van der Waals surface area contributed by atoms with Gasteiger partial charge in [0.1, 0.15) is 12.7 Å². The zero-order valence-corrected chi connectivity index (χ0v) is 13.3. The Morgan fingerprint density at radius 3 is 2.27 bits per heavy atom. The first-order valence-electron chi connectivity index (χ1n) is 7.22. The zero-order valence-electron chi connectivity index (χ0n) is 13.3. The number of rotatable bonds is 3. The van der Waals surface area contributed by atoms with Crippen molar-refractivity contribution in [3.05, 3.63) is 65.0 Å². The van der Waals surface area contributed by atoms with Crippen molar-refractivity contribution in [1.29, 1.82) is 0 Å². The Morgan fingerprint density at radius 2 is 1.64 bits per heavy atom. The number of hydrogen-bond donors (Lipinski definition) is 0. The summed E-state index contributed by atoms with van der Waals surface area (Å²) in [6.45, 7) is 8.53. The second-order valence-corrected chi connectivity index (χ2v) is 5.49. The fourth-order valence-corrected chi connectivity index (χ4v) is 2.80. The highest BCUT2D eigenvalue weighted by molar-refractivity contribution is 5.82. The predicted molar refractivity (Wildman–Crippen MR) is 87.7 cm³/mol. The number of benzene rings is 1. The van der Waals surface area contributed by atoms with Gasteiger partial charge in [0.15, 0.2) is 0 Å². The highest BCUT2D eigenvalue weighted by Gasteiger charge is 2.13. The maximum atomic E-state index is 4.34. The van der Waals surface area contributed by atoms with Crippen LogP contribution in [0.4, 0.5) is 0 Å². The fraction of sp³-hybridized carbons (Fsp3) is 0.235. The molecular weight excluding hydrogens is 274 g/mol. The second-order valence-electron chi connectivity index (χ2n) is 5.49. The summed E-state index contributed by atoms with van der Waals surface area (Å²) in [5.74, 6) is 0. The van der Waals surface area contributed by atoms with Crippen LogP contribution in [0.3, 0.4) is 0 Å². The Balaban J connectivity index is 2.08. The Bertz CT molecular complexity index is 805. The second kappa shape index (κ2) is 5.60. The van der Waals surface area contributed by atoms with Crippen LogP contribution in [0.15, 0.2) is 42.0 Å². The van der Waals surface area contributed by atoms with Gasteiger partial charge in [-0.05, 0) is 44.9 Å². The van der Waals surface area contributed by atoms with Crippen molar-refractivity contribution in [3.63, 3.8) is 0 Å². The molecule has 0 unspecified atom stereocenters. The molecule has 112 valence electrons. The van der Waals surface area contributed by atoms with Crippen molar-refractivity contribution >= 4 is 6.21 Å². The Hall–Kier alpha value is -2.69. The normalized spacial score (nSPS) is 11.5. The summed E-state index contributed by atoms with van der Waals surface area (Å²) < 4.78 is 3.88. The Morgan fingerprint density at radius 1 is 1.00 bits per heavy atom. The van der Waals surface area contributed by atoms with Gasteiger partial charge < -0.3 is 4.57 Å². The van der Waals surface area contributed by atoms with Crippen LogP contribution in [-0.2, 0) is 0 Å². The minimum Gasteiger partial charge on any atom is -0.317 e. The number of para-hydroxylation sites is 1. The molecule has 0 saturated heterocycles. The van der Waals surface area contributed by atoms with Crippen LogP contribution in [0.2, 0.25) is 0 Å². The molecule has 0 aliphatic rings. The average Bonchev–Trinajstić information content (AvgIpc) is 3.08. The van der Waals surface area contributed by atoms with Gasteiger partial charge in [-0.15, -0.1) is 10.2 Å². The number of aryl methyl sites for hydroxylation is 3. The van der Waals surface area contributed by atoms with Crippen LogP contribution < -0.4 is 0 Å². The van der Waals surface area contributed by atoms with Crippen molar-refractivity contribution in [3.8, 4) is 5.69 Å². The lowest BCUT2D eigenvalue weighted by Gasteiger charge is -2.15. The van der Waals surface area contributed by atoms with Crippen LogP contribution in [0.5, 0.6) is 0 Å². The largest absolute Gasteiger partial charge is 0.317 e. The lowest BCUT2D eigenvalue weighted by atomic mass is 10.1. The van der Waals surface area contributed by atoms with Crippen molar-refractivity contribution in [1.82, 2.24) is 19.4 Å². The molecule has 0 aliphatic carbocycles. The molecule has 22 heavy (non-hydrogen) atoms. The summed E-state index contributed by atoms with van der Waals surface area (Å²) in [4.78, 5) is 0. The molecule has 0 amide bonds. The van der Waals surface area contributed by atoms with E-state index in [0.717, 1.165) is 5.56 Å². The van der Waals surface area contributed by atoms with Gasteiger partial charge >= 0.3 is 0 Å². The van der Waals surface area contributed by atoms with Crippen molar-refractivity contribution in [2.75, 3.05) is 0 Å². The Labute approximate surface area is 129 Å². The summed E-state index contributed by atoms with van der Waals surface area (Å²) >= 11 is 0. The van der Waals surface area contributed by atoms with E-state index in [0.29, 0.717) is 0 Å². The highest BCUT2D eigenvalue weighted by atomic mass is 15.4. The van der Waals surface area contributed by atoms with Gasteiger partial charge in [0.25, 0.3) is 0 Å². The van der Waals surface area contributed by atoms with E-state index in [1.165, 1.54) is 28.2 Å². The lowest BCUT2D eigenvalue weighted by Crippen LogP contribution is -2.04. The molecule has 0 bridgehead atoms. The summed E-state index contributed by atoms with van der Waals surface area (Å²) in [6.07, 6.45) is 4.98. The molecule has 0 atom stereocenters. The molecule has 0 aliphatic heterocycles. The Kier molecular flexibility index (Phi) is 3.63. The molecule has 0 radical (unpaired) electrons. The first-order valence-corrected chi connectivity index (χ1v) is 7.22. The van der Waals surface area contributed by atoms with Crippen LogP contribution >= 0.6 is 0 Å². The highest BCUT2D eigenvalue weighted by Crippen LogP contribution is 2.25. The smallest absolute Gasteiger partial charge is 0.141 e. The molecule has 1 aromatic carbocycles. The van der Waals surface area contributed by atoms with E-state index in [1.54, 1.807) is 17.3 Å². The quantitative estimate of drug-likeness (QED) is 0.696. The van der Waals surface area contributed by atoms with E-state index in [2.05, 4.69) is 71.8 Å². The van der Waals surface area contributed by atoms with E-state index in [4.69, 9.17) is 0 Å². The van der Waals surface area contributed by atoms with Crippen LogP contribution in [0, 0.1) is 27.7 Å². The fourth-order valence-electron chi connectivity index (χ4n) is 2.80. The van der Waals surface area contributed by atoms with Gasteiger partial charge in [-0.2, -0.15) is 5.10 Å². The molecule has 2 aromatic heterocycles. The third-order valence-electron chi connectivity index (χ3n) is 3.87. The monoisotopic (exact) mass is 293 g/mol. The lowest BCUT2D eigenvalue weighted by molar-refractivity contribution is 0.877. The van der Waals surface area contributed by atoms with Gasteiger partial charge in [0.2, 0.25) is 0 Å². The molecule has 3 rings (SSSR count). The van der Waals surface area contributed by atoms with E-state index >= 15 is 0 Å². The van der Waals surface area contributed by atoms with E-state index in [-0.39, 0.29) is 0 Å². The zero-order chi connectivity index (χ0) is 15.7. The summed E-state index contributed by atoms with van der Waals surface area (Å²) in [7, 11) is 0. The molecule has 0 N–H and O–H groups in total. The maximum Gasteiger partial charge on any atom is 0.141 e. The predicted octanol–water partition coefficient (Wildman–Crippen LogP) is 3.18. The van der Waals surface area contributed by atoms with Crippen molar-refractivity contribution < 1.29 is 0 Å². The number of aromatic nitrogens is 4. The summed E-state index contributed by atoms with van der Waals surface area (Å²) in [5, 5.41) is 11.8. The van der Waals surface area contributed by atoms with Gasteiger partial charge in [0, 0.05) is 17.0 Å². The minimum absolute atomic E-state index is 1.09. The SMILES string of the molecule is Cc1cccc(C)c1-n1c(C)cc(/C=N\n2cnnc2)c1C. The standard InChI is InChI=1S/C17H19N5/c1-12-6-5-7-13(2)17(12)22-14(3)8-16(15(22)4)9-20-21-10-18-19-11-21/h5-11H,1-4H3/b20-9-. The molecule has 0 fully saturated rings. The van der Waals surface area contributed by atoms with E-state index in [9.17, 15) is 0 Å².